The van der Waals surface area contributed by atoms with E-state index in [1.165, 1.54) is 86.4 Å². The maximum atomic E-state index is 6.92. The molecule has 8 atom stereocenters. The van der Waals surface area contributed by atoms with Crippen LogP contribution in [0.25, 0.3) is 22.3 Å². The van der Waals surface area contributed by atoms with E-state index in [0.717, 1.165) is 50.2 Å². The average Bonchev–Trinajstić information content (AvgIpc) is 3.82. The maximum Gasteiger partial charge on any atom is 0.116 e. The van der Waals surface area contributed by atoms with E-state index in [1.807, 2.05) is 0 Å². The summed E-state index contributed by atoms with van der Waals surface area (Å²) in [5, 5.41) is 0. The number of ether oxygens (including phenoxy) is 1. The molecule has 0 saturated heterocycles. The summed E-state index contributed by atoms with van der Waals surface area (Å²) in [5.41, 5.74) is 22.7. The van der Waals surface area contributed by atoms with Gasteiger partial charge in [0, 0.05) is 58.0 Å². The first-order chi connectivity index (χ1) is 32.0. The molecular formula is C63H59NO. The highest BCUT2D eigenvalue weighted by Gasteiger charge is 2.60. The molecule has 1 spiro atoms. The van der Waals surface area contributed by atoms with Crippen molar-refractivity contribution in [3.05, 3.63) is 201 Å². The number of fused-ring (bicyclic) bond motifs is 11. The predicted octanol–water partition coefficient (Wildman–Crippen LogP) is 15.5. The molecule has 8 unspecified atom stereocenters. The van der Waals surface area contributed by atoms with Crippen LogP contribution in [0.2, 0.25) is 0 Å². The van der Waals surface area contributed by atoms with Crippen LogP contribution in [0, 0.1) is 53.3 Å². The molecule has 322 valence electrons. The Morgan fingerprint density at radius 2 is 1.68 bits per heavy atom. The average molecular weight is 846 g/mol. The molecular weight excluding hydrogens is 787 g/mol. The summed E-state index contributed by atoms with van der Waals surface area (Å²) in [5.74, 6) is 11.0. The van der Waals surface area contributed by atoms with Gasteiger partial charge in [0.05, 0.1) is 5.69 Å². The van der Waals surface area contributed by atoms with Gasteiger partial charge in [-0.2, -0.15) is 0 Å². The van der Waals surface area contributed by atoms with E-state index >= 15 is 0 Å². The predicted molar refractivity (Wildman–Crippen MR) is 269 cm³/mol. The molecule has 0 N–H and O–H groups in total. The smallest absolute Gasteiger partial charge is 0.116 e. The van der Waals surface area contributed by atoms with Crippen LogP contribution >= 0.6 is 0 Å². The second kappa shape index (κ2) is 15.3. The van der Waals surface area contributed by atoms with E-state index < -0.39 is 0 Å². The third-order valence-electron chi connectivity index (χ3n) is 17.3. The van der Waals surface area contributed by atoms with E-state index in [4.69, 9.17) is 4.74 Å². The number of hydrogen-bond acceptors (Lipinski definition) is 2. The molecule has 0 amide bonds. The van der Waals surface area contributed by atoms with Gasteiger partial charge in [-0.05, 0) is 156 Å². The second-order valence-electron chi connectivity index (χ2n) is 20.7. The lowest BCUT2D eigenvalue weighted by molar-refractivity contribution is 0.168. The van der Waals surface area contributed by atoms with Gasteiger partial charge in [0.25, 0.3) is 0 Å². The summed E-state index contributed by atoms with van der Waals surface area (Å²) in [6.07, 6.45) is 41.1. The number of anilines is 2. The number of rotatable bonds is 5. The first-order valence-electron chi connectivity index (χ1n) is 24.9. The molecule has 2 heteroatoms. The Bertz CT molecular complexity index is 2990. The zero-order valence-electron chi connectivity index (χ0n) is 38.2. The van der Waals surface area contributed by atoms with E-state index in [2.05, 4.69) is 177 Å². The highest BCUT2D eigenvalue weighted by Crippen LogP contribution is 2.68. The lowest BCUT2D eigenvalue weighted by atomic mass is 9.59. The Labute approximate surface area is 386 Å². The second-order valence-corrected chi connectivity index (χ2v) is 20.7. The standard InChI is InChI=1S/C63H59NO/c1-39-35-40(2)61-54(36-39)51-20-10-12-25-57(51)63(61)56-24-11-9-19-50(56)52-33-29-45(37-58(52)63)42-27-31-46(32-28-42)64(59-34-30-44-17-7-8-18-47(44)41(59)3)60-26-14-22-49-53-23-13-21-48(43-15-5-4-6-16-43)62(53)65-38-55(49)60/h7,9-10,12-14,16-17,19-20,22-23,25-34,37,39-41,47-48,51,57H,5,8,11,15,18,21,24,35-36,38H2,1-3H3. The minimum absolute atomic E-state index is 0.0635. The van der Waals surface area contributed by atoms with Crippen LogP contribution in [0.15, 0.2) is 179 Å². The van der Waals surface area contributed by atoms with E-state index in [0.29, 0.717) is 36.2 Å². The van der Waals surface area contributed by atoms with Crippen LogP contribution in [0.5, 0.6) is 0 Å². The van der Waals surface area contributed by atoms with Gasteiger partial charge in [0.2, 0.25) is 0 Å². The van der Waals surface area contributed by atoms with Crippen LogP contribution in [0.3, 0.4) is 0 Å². The monoisotopic (exact) mass is 845 g/mol. The summed E-state index contributed by atoms with van der Waals surface area (Å²) >= 11 is 0. The molecule has 9 aliphatic carbocycles. The molecule has 0 radical (unpaired) electrons. The van der Waals surface area contributed by atoms with E-state index in [-0.39, 0.29) is 11.3 Å². The van der Waals surface area contributed by atoms with Gasteiger partial charge in [-0.3, -0.25) is 0 Å². The molecule has 1 heterocycles. The van der Waals surface area contributed by atoms with Crippen molar-refractivity contribution in [2.45, 2.75) is 90.6 Å². The summed E-state index contributed by atoms with van der Waals surface area (Å²) in [6.45, 7) is 8.04. The van der Waals surface area contributed by atoms with Gasteiger partial charge in [0.1, 0.15) is 12.4 Å². The molecule has 2 nitrogen and oxygen atoms in total. The fourth-order valence-corrected chi connectivity index (χ4v) is 14.6. The van der Waals surface area contributed by atoms with Crippen LogP contribution in [-0.2, 0) is 16.8 Å². The molecule has 13 rings (SSSR count). The number of benzene rings is 3. The van der Waals surface area contributed by atoms with Crippen LogP contribution in [0.1, 0.15) is 101 Å². The minimum atomic E-state index is -0.0635. The first-order valence-corrected chi connectivity index (χ1v) is 24.9. The first kappa shape index (κ1) is 39.3. The Balaban J connectivity index is 0.924. The molecule has 0 aromatic heterocycles. The van der Waals surface area contributed by atoms with Crippen molar-refractivity contribution in [3.63, 3.8) is 0 Å². The summed E-state index contributed by atoms with van der Waals surface area (Å²) in [7, 11) is 0. The summed E-state index contributed by atoms with van der Waals surface area (Å²) < 4.78 is 6.92. The van der Waals surface area contributed by atoms with Crippen molar-refractivity contribution >= 4 is 22.5 Å². The van der Waals surface area contributed by atoms with Gasteiger partial charge in [-0.25, -0.2) is 0 Å². The maximum absolute atomic E-state index is 6.92. The van der Waals surface area contributed by atoms with Crippen molar-refractivity contribution < 1.29 is 4.74 Å². The van der Waals surface area contributed by atoms with E-state index in [9.17, 15) is 0 Å². The molecule has 0 fully saturated rings. The topological polar surface area (TPSA) is 12.5 Å². The van der Waals surface area contributed by atoms with Crippen molar-refractivity contribution in [1.82, 2.24) is 0 Å². The lowest BCUT2D eigenvalue weighted by Crippen LogP contribution is -2.38. The number of nitrogens with zero attached hydrogens (tertiary/aromatic N) is 1. The Morgan fingerprint density at radius 1 is 0.815 bits per heavy atom. The third kappa shape index (κ3) is 5.86. The molecule has 0 saturated carbocycles. The Hall–Kier alpha value is -6.04. The van der Waals surface area contributed by atoms with Crippen LogP contribution in [0.4, 0.5) is 11.4 Å². The SMILES string of the molecule is CC1CC2=C(C(C)C1)C1(C3=C(C=CCC3)c3ccc(-c4ccc(N(C5=CC=C6C=CCCC6C5C)c5cccc6c5COC5=C6C=CCC5C5=CC#CCC5)cc4)cc31)C1C=CC=CC21. The highest BCUT2D eigenvalue weighted by atomic mass is 16.5. The molecule has 10 aliphatic rings. The van der Waals surface area contributed by atoms with Crippen molar-refractivity contribution in [3.8, 4) is 23.0 Å². The minimum Gasteiger partial charge on any atom is -0.492 e. The largest absolute Gasteiger partial charge is 0.492 e. The molecule has 3 aromatic rings. The molecule has 65 heavy (non-hydrogen) atoms. The number of hydrogen-bond donors (Lipinski definition) is 0. The van der Waals surface area contributed by atoms with Gasteiger partial charge >= 0.3 is 0 Å². The van der Waals surface area contributed by atoms with Gasteiger partial charge in [-0.1, -0.05) is 147 Å². The summed E-state index contributed by atoms with van der Waals surface area (Å²) in [4.78, 5) is 2.58. The van der Waals surface area contributed by atoms with Crippen LogP contribution < -0.4 is 4.90 Å². The normalized spacial score (nSPS) is 30.8. The Kier molecular flexibility index (Phi) is 9.24. The van der Waals surface area contributed by atoms with Crippen LogP contribution in [-0.4, -0.2) is 0 Å². The highest BCUT2D eigenvalue weighted by molar-refractivity contribution is 5.92. The number of allylic oxidation sites excluding steroid dienone is 21. The van der Waals surface area contributed by atoms with Crippen molar-refractivity contribution in [2.75, 3.05) is 4.90 Å². The van der Waals surface area contributed by atoms with Crippen molar-refractivity contribution in [1.29, 1.82) is 0 Å². The summed E-state index contributed by atoms with van der Waals surface area (Å²) in [6, 6.07) is 24.0. The van der Waals surface area contributed by atoms with Gasteiger partial charge in [0.15, 0.2) is 0 Å². The Morgan fingerprint density at radius 3 is 2.57 bits per heavy atom. The lowest BCUT2D eigenvalue weighted by Gasteiger charge is -2.43. The zero-order valence-corrected chi connectivity index (χ0v) is 38.2. The fraction of sp³-hybridized carbons (Fsp3) is 0.333. The van der Waals surface area contributed by atoms with E-state index in [1.54, 1.807) is 22.3 Å². The quantitative estimate of drug-likeness (QED) is 0.187. The zero-order chi connectivity index (χ0) is 43.4. The third-order valence-corrected chi connectivity index (χ3v) is 17.3. The fourth-order valence-electron chi connectivity index (χ4n) is 14.6. The molecule has 3 aromatic carbocycles. The van der Waals surface area contributed by atoms with Gasteiger partial charge in [-0.15, -0.1) is 0 Å². The van der Waals surface area contributed by atoms with Gasteiger partial charge < -0.3 is 9.64 Å². The molecule has 0 bridgehead atoms. The van der Waals surface area contributed by atoms with Crippen molar-refractivity contribution in [2.24, 2.45) is 41.4 Å². The molecule has 1 aliphatic heterocycles.